The van der Waals surface area contributed by atoms with Crippen LogP contribution in [0.2, 0.25) is 0 Å². The minimum atomic E-state index is -1.14. The molecular weight excluding hydrogens is 148 g/mol. The molecule has 0 bridgehead atoms. The molecule has 0 aliphatic rings. The van der Waals surface area contributed by atoms with E-state index in [0.717, 1.165) is 10.7 Å². The van der Waals surface area contributed by atoms with Crippen molar-refractivity contribution in [2.75, 3.05) is 5.84 Å². The van der Waals surface area contributed by atoms with Gasteiger partial charge in [0.1, 0.15) is 0 Å². The molecular formula is C6H6N2O3. The van der Waals surface area contributed by atoms with Gasteiger partial charge in [0.25, 0.3) is 5.56 Å². The van der Waals surface area contributed by atoms with Crippen LogP contribution in [0.1, 0.15) is 10.4 Å². The highest BCUT2D eigenvalue weighted by molar-refractivity contribution is 5.87. The molecule has 0 spiro atoms. The van der Waals surface area contributed by atoms with Gasteiger partial charge in [0, 0.05) is 12.3 Å². The second kappa shape index (κ2) is 2.45. The zero-order valence-corrected chi connectivity index (χ0v) is 5.52. The lowest BCUT2D eigenvalue weighted by Gasteiger charge is -1.95. The smallest absolute Gasteiger partial charge is 0.335 e. The molecule has 3 N–H and O–H groups in total. The van der Waals surface area contributed by atoms with Crippen LogP contribution in [-0.2, 0) is 0 Å². The highest BCUT2D eigenvalue weighted by Crippen LogP contribution is 1.91. The SMILES string of the molecule is Nn1ccc(C(=O)O)cc1=O. The van der Waals surface area contributed by atoms with Crippen molar-refractivity contribution in [3.63, 3.8) is 0 Å². The van der Waals surface area contributed by atoms with E-state index in [2.05, 4.69) is 0 Å². The molecule has 0 atom stereocenters. The molecule has 58 valence electrons. The van der Waals surface area contributed by atoms with Crippen molar-refractivity contribution in [1.82, 2.24) is 4.68 Å². The number of aromatic carboxylic acids is 1. The molecule has 11 heavy (non-hydrogen) atoms. The number of pyridine rings is 1. The number of carboxylic acid groups (broad SMARTS) is 1. The molecule has 0 aliphatic carbocycles. The van der Waals surface area contributed by atoms with Crippen LogP contribution < -0.4 is 11.4 Å². The van der Waals surface area contributed by atoms with Gasteiger partial charge in [-0.1, -0.05) is 0 Å². The maximum Gasteiger partial charge on any atom is 0.335 e. The molecule has 1 aromatic rings. The first kappa shape index (κ1) is 7.33. The second-order valence-electron chi connectivity index (χ2n) is 1.97. The van der Waals surface area contributed by atoms with Crippen LogP contribution >= 0.6 is 0 Å². The highest BCUT2D eigenvalue weighted by Gasteiger charge is 2.02. The quantitative estimate of drug-likeness (QED) is 0.521. The summed E-state index contributed by atoms with van der Waals surface area (Å²) in [6.45, 7) is 0. The number of nitrogen functional groups attached to an aromatic ring is 1. The van der Waals surface area contributed by atoms with E-state index in [1.54, 1.807) is 0 Å². The van der Waals surface area contributed by atoms with Crippen LogP contribution in [0, 0.1) is 0 Å². The molecule has 5 heteroatoms. The highest BCUT2D eigenvalue weighted by atomic mass is 16.4. The number of carbonyl (C=O) groups is 1. The van der Waals surface area contributed by atoms with Gasteiger partial charge in [-0.05, 0) is 6.07 Å². The summed E-state index contributed by atoms with van der Waals surface area (Å²) in [6, 6.07) is 2.21. The minimum absolute atomic E-state index is 0.0586. The second-order valence-corrected chi connectivity index (χ2v) is 1.97. The first-order valence-electron chi connectivity index (χ1n) is 2.82. The molecule has 0 aromatic carbocycles. The number of nitrogens with zero attached hydrogens (tertiary/aromatic N) is 1. The zero-order valence-electron chi connectivity index (χ0n) is 5.52. The van der Waals surface area contributed by atoms with E-state index in [1.807, 2.05) is 0 Å². The van der Waals surface area contributed by atoms with Gasteiger partial charge in [-0.25, -0.2) is 9.47 Å². The molecule has 0 radical (unpaired) electrons. The van der Waals surface area contributed by atoms with Crippen molar-refractivity contribution in [3.05, 3.63) is 34.2 Å². The molecule has 0 saturated carbocycles. The van der Waals surface area contributed by atoms with E-state index in [1.165, 1.54) is 12.3 Å². The first-order chi connectivity index (χ1) is 5.11. The van der Waals surface area contributed by atoms with E-state index >= 15 is 0 Å². The predicted octanol–water partition coefficient (Wildman–Crippen LogP) is -0.740. The van der Waals surface area contributed by atoms with Crippen molar-refractivity contribution < 1.29 is 9.90 Å². The maximum absolute atomic E-state index is 10.7. The molecule has 0 fully saturated rings. The molecule has 1 aromatic heterocycles. The van der Waals surface area contributed by atoms with E-state index in [0.29, 0.717) is 0 Å². The molecule has 5 nitrogen and oxygen atoms in total. The van der Waals surface area contributed by atoms with Gasteiger partial charge in [-0.2, -0.15) is 0 Å². The fraction of sp³-hybridized carbons (Fsp3) is 0. The topological polar surface area (TPSA) is 85.3 Å². The summed E-state index contributed by atoms with van der Waals surface area (Å²) in [6.07, 6.45) is 1.20. The number of hydrogen-bond donors (Lipinski definition) is 2. The number of rotatable bonds is 1. The molecule has 0 unspecified atom stereocenters. The first-order valence-corrected chi connectivity index (χ1v) is 2.82. The van der Waals surface area contributed by atoms with Crippen molar-refractivity contribution in [2.24, 2.45) is 0 Å². The van der Waals surface area contributed by atoms with Gasteiger partial charge in [0.15, 0.2) is 0 Å². The fourth-order valence-electron chi connectivity index (χ4n) is 0.623. The van der Waals surface area contributed by atoms with Gasteiger partial charge >= 0.3 is 5.97 Å². The van der Waals surface area contributed by atoms with Crippen molar-refractivity contribution in [1.29, 1.82) is 0 Å². The van der Waals surface area contributed by atoms with E-state index in [9.17, 15) is 9.59 Å². The number of carboxylic acids is 1. The monoisotopic (exact) mass is 154 g/mol. The van der Waals surface area contributed by atoms with Gasteiger partial charge < -0.3 is 10.9 Å². The Morgan fingerprint density at radius 3 is 2.73 bits per heavy atom. The Morgan fingerprint density at radius 2 is 2.27 bits per heavy atom. The lowest BCUT2D eigenvalue weighted by atomic mass is 10.3. The van der Waals surface area contributed by atoms with Crippen LogP contribution in [-0.4, -0.2) is 15.8 Å². The largest absolute Gasteiger partial charge is 0.478 e. The van der Waals surface area contributed by atoms with Crippen molar-refractivity contribution >= 4 is 5.97 Å². The summed E-state index contributed by atoms with van der Waals surface area (Å²) in [5.74, 6) is 3.96. The Bertz CT molecular complexity index is 342. The Hall–Kier alpha value is -1.78. The predicted molar refractivity (Wildman–Crippen MR) is 37.8 cm³/mol. The van der Waals surface area contributed by atoms with E-state index < -0.39 is 11.5 Å². The summed E-state index contributed by atoms with van der Waals surface area (Å²) in [5, 5.41) is 8.41. The summed E-state index contributed by atoms with van der Waals surface area (Å²) in [5.41, 5.74) is -0.596. The lowest BCUT2D eigenvalue weighted by molar-refractivity contribution is 0.0696. The fourth-order valence-corrected chi connectivity index (χ4v) is 0.623. The number of hydrogen-bond acceptors (Lipinski definition) is 3. The number of nitrogens with two attached hydrogens (primary N) is 1. The van der Waals surface area contributed by atoms with Crippen LogP contribution in [0.15, 0.2) is 23.1 Å². The van der Waals surface area contributed by atoms with Crippen molar-refractivity contribution in [2.45, 2.75) is 0 Å². The summed E-state index contributed by atoms with van der Waals surface area (Å²) in [4.78, 5) is 21.0. The molecule has 0 aliphatic heterocycles. The Kier molecular flexibility index (Phi) is 1.63. The molecule has 0 amide bonds. The molecule has 0 saturated heterocycles. The Labute approximate surface area is 61.7 Å². The van der Waals surface area contributed by atoms with Crippen molar-refractivity contribution in [3.8, 4) is 0 Å². The van der Waals surface area contributed by atoms with Crippen LogP contribution in [0.4, 0.5) is 0 Å². The minimum Gasteiger partial charge on any atom is -0.478 e. The lowest BCUT2D eigenvalue weighted by Crippen LogP contribution is -2.26. The standard InChI is InChI=1S/C6H6N2O3/c7-8-2-1-4(6(10)11)3-5(8)9/h1-3H,7H2,(H,10,11). The third kappa shape index (κ3) is 1.37. The summed E-state index contributed by atoms with van der Waals surface area (Å²) < 4.78 is 0.812. The van der Waals surface area contributed by atoms with Crippen LogP contribution in [0.3, 0.4) is 0 Å². The van der Waals surface area contributed by atoms with Gasteiger partial charge in [-0.15, -0.1) is 0 Å². The van der Waals surface area contributed by atoms with E-state index in [-0.39, 0.29) is 5.56 Å². The van der Waals surface area contributed by atoms with Gasteiger partial charge in [0.05, 0.1) is 5.56 Å². The van der Waals surface area contributed by atoms with Gasteiger partial charge in [-0.3, -0.25) is 4.79 Å². The van der Waals surface area contributed by atoms with E-state index in [4.69, 9.17) is 10.9 Å². The van der Waals surface area contributed by atoms with Crippen LogP contribution in [0.5, 0.6) is 0 Å². The summed E-state index contributed by atoms with van der Waals surface area (Å²) in [7, 11) is 0. The zero-order chi connectivity index (χ0) is 8.43. The third-order valence-corrected chi connectivity index (χ3v) is 1.20. The number of aromatic nitrogens is 1. The van der Waals surface area contributed by atoms with Gasteiger partial charge in [0.2, 0.25) is 0 Å². The maximum atomic E-state index is 10.7. The van der Waals surface area contributed by atoms with Crippen LogP contribution in [0.25, 0.3) is 0 Å². The molecule has 1 heterocycles. The summed E-state index contributed by atoms with van der Waals surface area (Å²) >= 11 is 0. The average Bonchev–Trinajstić information content (AvgIpc) is 1.94. The average molecular weight is 154 g/mol. The Balaban J connectivity index is 3.26. The normalized spacial score (nSPS) is 9.45. The Morgan fingerprint density at radius 1 is 1.64 bits per heavy atom. The molecule has 1 rings (SSSR count). The third-order valence-electron chi connectivity index (χ3n) is 1.20.